The maximum absolute atomic E-state index is 12.5. The van der Waals surface area contributed by atoms with Crippen LogP contribution in [0.1, 0.15) is 0 Å². The van der Waals surface area contributed by atoms with Gasteiger partial charge in [-0.05, 0) is 29.8 Å². The van der Waals surface area contributed by atoms with E-state index >= 15 is 0 Å². The molecule has 0 fully saturated rings. The van der Waals surface area contributed by atoms with Crippen LogP contribution in [0.15, 0.2) is 40.4 Å². The largest absolute Gasteiger partial charge is 0.497 e. The zero-order chi connectivity index (χ0) is 13.4. The molecular formula is C13H11N3O2S. The number of hydrogen-bond donors (Lipinski definition) is 0. The standard InChI is InChI=1S/C13H11N3O2S/c1-18-9-4-3-8-5-6-16-12(11(17)10(8)7-9)14-15-13(16)19-2/h3-7H,1-2H3. The van der Waals surface area contributed by atoms with Gasteiger partial charge in [-0.25, -0.2) is 0 Å². The Hall–Kier alpha value is -2.08. The summed E-state index contributed by atoms with van der Waals surface area (Å²) in [6.45, 7) is 0. The fraction of sp³-hybridized carbons (Fsp3) is 0.154. The van der Waals surface area contributed by atoms with Crippen LogP contribution in [0, 0.1) is 0 Å². The summed E-state index contributed by atoms with van der Waals surface area (Å²) in [6.07, 6.45) is 3.72. The molecule has 19 heavy (non-hydrogen) atoms. The van der Waals surface area contributed by atoms with E-state index in [1.807, 2.05) is 30.7 Å². The van der Waals surface area contributed by atoms with Crippen molar-refractivity contribution in [3.8, 4) is 5.75 Å². The molecule has 0 bridgehead atoms. The van der Waals surface area contributed by atoms with Gasteiger partial charge in [0.1, 0.15) is 5.75 Å². The molecular weight excluding hydrogens is 262 g/mol. The van der Waals surface area contributed by atoms with E-state index in [-0.39, 0.29) is 5.43 Å². The maximum atomic E-state index is 12.5. The number of thioether (sulfide) groups is 1. The van der Waals surface area contributed by atoms with Crippen molar-refractivity contribution in [3.05, 3.63) is 40.7 Å². The minimum atomic E-state index is -0.147. The Kier molecular flexibility index (Phi) is 2.87. The quantitative estimate of drug-likeness (QED) is 0.668. The summed E-state index contributed by atoms with van der Waals surface area (Å²) >= 11 is 1.45. The molecule has 0 saturated heterocycles. The molecule has 0 aliphatic heterocycles. The molecule has 2 aromatic heterocycles. The van der Waals surface area contributed by atoms with E-state index in [0.717, 1.165) is 5.39 Å². The summed E-state index contributed by atoms with van der Waals surface area (Å²) in [6, 6.07) is 7.30. The molecule has 5 nitrogen and oxygen atoms in total. The zero-order valence-corrected chi connectivity index (χ0v) is 11.3. The smallest absolute Gasteiger partial charge is 0.231 e. The molecule has 0 aliphatic rings. The minimum absolute atomic E-state index is 0.147. The molecule has 0 radical (unpaired) electrons. The predicted octanol–water partition coefficient (Wildman–Crippen LogP) is 1.97. The van der Waals surface area contributed by atoms with Crippen molar-refractivity contribution in [1.29, 1.82) is 0 Å². The highest BCUT2D eigenvalue weighted by Crippen LogP contribution is 2.19. The van der Waals surface area contributed by atoms with Gasteiger partial charge in [-0.1, -0.05) is 17.8 Å². The van der Waals surface area contributed by atoms with Gasteiger partial charge >= 0.3 is 0 Å². The number of methoxy groups -OCH3 is 1. The van der Waals surface area contributed by atoms with E-state index in [4.69, 9.17) is 4.74 Å². The number of fused-ring (bicyclic) bond motifs is 2. The van der Waals surface area contributed by atoms with E-state index in [1.165, 1.54) is 11.8 Å². The van der Waals surface area contributed by atoms with Crippen LogP contribution in [0.3, 0.4) is 0 Å². The lowest BCUT2D eigenvalue weighted by Crippen LogP contribution is -2.02. The maximum Gasteiger partial charge on any atom is 0.231 e. The number of benzene rings is 1. The Balaban J connectivity index is 2.50. The first-order valence-corrected chi connectivity index (χ1v) is 6.87. The van der Waals surface area contributed by atoms with Crippen LogP contribution in [-0.4, -0.2) is 28.0 Å². The van der Waals surface area contributed by atoms with Gasteiger partial charge in [-0.3, -0.25) is 9.20 Å². The Bertz CT molecular complexity index is 829. The number of rotatable bonds is 2. The summed E-state index contributed by atoms with van der Waals surface area (Å²) in [5.74, 6) is 0.651. The van der Waals surface area contributed by atoms with Crippen molar-refractivity contribution < 1.29 is 4.74 Å². The van der Waals surface area contributed by atoms with Crippen molar-refractivity contribution >= 4 is 28.2 Å². The van der Waals surface area contributed by atoms with E-state index in [0.29, 0.717) is 21.9 Å². The van der Waals surface area contributed by atoms with Crippen LogP contribution < -0.4 is 10.2 Å². The summed E-state index contributed by atoms with van der Waals surface area (Å²) < 4.78 is 6.87. The van der Waals surface area contributed by atoms with Gasteiger partial charge < -0.3 is 4.74 Å². The molecule has 3 aromatic rings. The molecule has 6 heteroatoms. The molecule has 0 atom stereocenters. The third-order valence-electron chi connectivity index (χ3n) is 2.96. The van der Waals surface area contributed by atoms with Gasteiger partial charge in [0.05, 0.1) is 7.11 Å². The lowest BCUT2D eigenvalue weighted by molar-refractivity contribution is 0.415. The minimum Gasteiger partial charge on any atom is -0.497 e. The summed E-state index contributed by atoms with van der Waals surface area (Å²) in [5.41, 5.74) is 0.180. The van der Waals surface area contributed by atoms with Gasteiger partial charge in [-0.15, -0.1) is 10.2 Å². The molecule has 0 saturated carbocycles. The number of hydrogen-bond acceptors (Lipinski definition) is 5. The Labute approximate surface area is 113 Å². The predicted molar refractivity (Wildman–Crippen MR) is 75.1 cm³/mol. The lowest BCUT2D eigenvalue weighted by Gasteiger charge is -1.98. The molecule has 0 N–H and O–H groups in total. The Morgan fingerprint density at radius 2 is 2.11 bits per heavy atom. The first-order valence-electron chi connectivity index (χ1n) is 5.64. The monoisotopic (exact) mass is 273 g/mol. The Morgan fingerprint density at radius 3 is 2.84 bits per heavy atom. The fourth-order valence-electron chi connectivity index (χ4n) is 1.99. The third-order valence-corrected chi connectivity index (χ3v) is 3.60. The van der Waals surface area contributed by atoms with Crippen molar-refractivity contribution in [2.75, 3.05) is 13.4 Å². The van der Waals surface area contributed by atoms with Gasteiger partial charge in [0.25, 0.3) is 0 Å². The van der Waals surface area contributed by atoms with Crippen LogP contribution in [-0.2, 0) is 0 Å². The highest BCUT2D eigenvalue weighted by atomic mass is 32.2. The normalized spacial score (nSPS) is 11.1. The van der Waals surface area contributed by atoms with E-state index in [2.05, 4.69) is 10.2 Å². The van der Waals surface area contributed by atoms with Crippen molar-refractivity contribution in [3.63, 3.8) is 0 Å². The summed E-state index contributed by atoms with van der Waals surface area (Å²) in [7, 11) is 1.58. The van der Waals surface area contributed by atoms with Crippen molar-refractivity contribution in [2.24, 2.45) is 0 Å². The van der Waals surface area contributed by atoms with Crippen molar-refractivity contribution in [1.82, 2.24) is 14.6 Å². The number of nitrogens with zero attached hydrogens (tertiary/aromatic N) is 3. The second-order valence-corrected chi connectivity index (χ2v) is 4.75. The van der Waals surface area contributed by atoms with Gasteiger partial charge in [-0.2, -0.15) is 0 Å². The van der Waals surface area contributed by atoms with E-state index in [9.17, 15) is 4.79 Å². The van der Waals surface area contributed by atoms with Gasteiger partial charge in [0, 0.05) is 11.6 Å². The van der Waals surface area contributed by atoms with Gasteiger partial charge in [0.15, 0.2) is 5.16 Å². The molecule has 3 rings (SSSR count). The fourth-order valence-corrected chi connectivity index (χ4v) is 2.45. The van der Waals surface area contributed by atoms with Crippen LogP contribution in [0.4, 0.5) is 0 Å². The average Bonchev–Trinajstić information content (AvgIpc) is 2.81. The van der Waals surface area contributed by atoms with Crippen LogP contribution in [0.25, 0.3) is 16.4 Å². The van der Waals surface area contributed by atoms with Crippen LogP contribution in [0.5, 0.6) is 5.75 Å². The van der Waals surface area contributed by atoms with Crippen molar-refractivity contribution in [2.45, 2.75) is 5.16 Å². The Morgan fingerprint density at radius 1 is 1.26 bits per heavy atom. The van der Waals surface area contributed by atoms with E-state index < -0.39 is 0 Å². The topological polar surface area (TPSA) is 56.5 Å². The van der Waals surface area contributed by atoms with Gasteiger partial charge in [0.2, 0.25) is 11.1 Å². The second-order valence-electron chi connectivity index (χ2n) is 3.98. The van der Waals surface area contributed by atoms with Crippen LogP contribution >= 0.6 is 11.8 Å². The number of ether oxygens (including phenoxy) is 1. The lowest BCUT2D eigenvalue weighted by atomic mass is 10.2. The molecule has 0 aliphatic carbocycles. The number of aromatic nitrogens is 3. The molecule has 1 aromatic carbocycles. The second kappa shape index (κ2) is 4.55. The molecule has 0 unspecified atom stereocenters. The zero-order valence-electron chi connectivity index (χ0n) is 10.5. The third kappa shape index (κ3) is 1.84. The highest BCUT2D eigenvalue weighted by Gasteiger charge is 2.09. The molecule has 2 heterocycles. The average molecular weight is 273 g/mol. The van der Waals surface area contributed by atoms with E-state index in [1.54, 1.807) is 17.6 Å². The molecule has 0 amide bonds. The SMILES string of the molecule is COc1ccc2ccn3c(SC)nnc3c(=O)c2c1. The summed E-state index contributed by atoms with van der Waals surface area (Å²) in [5, 5.41) is 10.1. The first-order chi connectivity index (χ1) is 9.24. The molecule has 0 spiro atoms. The van der Waals surface area contributed by atoms with Crippen LogP contribution in [0.2, 0.25) is 0 Å². The summed E-state index contributed by atoms with van der Waals surface area (Å²) in [4.78, 5) is 12.5. The molecule has 96 valence electrons. The highest BCUT2D eigenvalue weighted by molar-refractivity contribution is 7.98. The first kappa shape index (κ1) is 12.0.